The third-order valence-electron chi connectivity index (χ3n) is 3.26. The Kier molecular flexibility index (Phi) is 3.59. The van der Waals surface area contributed by atoms with Gasteiger partial charge < -0.3 is 4.98 Å². The number of aromatic amines is 1. The van der Waals surface area contributed by atoms with Gasteiger partial charge in [-0.3, -0.25) is 4.57 Å². The molecule has 2 aromatic carbocycles. The molecule has 0 unspecified atom stereocenters. The van der Waals surface area contributed by atoms with Crippen LogP contribution in [0.25, 0.3) is 16.9 Å². The van der Waals surface area contributed by atoms with Crippen LogP contribution in [0, 0.1) is 11.7 Å². The summed E-state index contributed by atoms with van der Waals surface area (Å²) in [5, 5.41) is 0. The van der Waals surface area contributed by atoms with E-state index < -0.39 is 0 Å². The summed E-state index contributed by atoms with van der Waals surface area (Å²) in [6.45, 7) is 2.09. The molecule has 1 aromatic heterocycles. The van der Waals surface area contributed by atoms with Gasteiger partial charge in [0.1, 0.15) is 0 Å². The zero-order valence-corrected chi connectivity index (χ0v) is 13.3. The number of hydrogen-bond acceptors (Lipinski definition) is 1. The molecule has 100 valence electrons. The van der Waals surface area contributed by atoms with Crippen molar-refractivity contribution in [3.8, 4) is 16.9 Å². The SMILES string of the molecule is Cc1ccc(Br)cc1-n1c(-c2ccccc2)c[nH]c1=S. The average molecular weight is 345 g/mol. The molecule has 20 heavy (non-hydrogen) atoms. The molecule has 1 N–H and O–H groups in total. The van der Waals surface area contributed by atoms with Gasteiger partial charge in [0.15, 0.2) is 4.77 Å². The van der Waals surface area contributed by atoms with Crippen molar-refractivity contribution in [1.82, 2.24) is 9.55 Å². The molecule has 3 aromatic rings. The van der Waals surface area contributed by atoms with E-state index in [9.17, 15) is 0 Å². The minimum atomic E-state index is 0.699. The van der Waals surface area contributed by atoms with Crippen LogP contribution in [0.1, 0.15) is 5.56 Å². The number of imidazole rings is 1. The topological polar surface area (TPSA) is 20.7 Å². The number of hydrogen-bond donors (Lipinski definition) is 1. The fourth-order valence-electron chi connectivity index (χ4n) is 2.25. The minimum Gasteiger partial charge on any atom is -0.336 e. The quantitative estimate of drug-likeness (QED) is 0.627. The maximum atomic E-state index is 5.45. The zero-order valence-electron chi connectivity index (χ0n) is 10.9. The van der Waals surface area contributed by atoms with Crippen LogP contribution in [0.15, 0.2) is 59.2 Å². The molecule has 0 aliphatic rings. The Balaban J connectivity index is 2.27. The van der Waals surface area contributed by atoms with E-state index in [0.29, 0.717) is 4.77 Å². The number of nitrogens with zero attached hydrogens (tertiary/aromatic N) is 1. The van der Waals surface area contributed by atoms with Gasteiger partial charge in [0.05, 0.1) is 11.4 Å². The molecule has 0 atom stereocenters. The van der Waals surface area contributed by atoms with Gasteiger partial charge in [-0.05, 0) is 36.8 Å². The molecule has 0 fully saturated rings. The molecule has 0 saturated carbocycles. The average Bonchev–Trinajstić information content (AvgIpc) is 2.84. The fraction of sp³-hybridized carbons (Fsp3) is 0.0625. The van der Waals surface area contributed by atoms with Crippen LogP contribution < -0.4 is 0 Å². The summed E-state index contributed by atoms with van der Waals surface area (Å²) in [6, 6.07) is 16.5. The maximum absolute atomic E-state index is 5.45. The van der Waals surface area contributed by atoms with E-state index in [4.69, 9.17) is 12.2 Å². The Morgan fingerprint density at radius 1 is 1.10 bits per heavy atom. The first-order chi connectivity index (χ1) is 9.66. The van der Waals surface area contributed by atoms with Crippen molar-refractivity contribution in [1.29, 1.82) is 0 Å². The summed E-state index contributed by atoms with van der Waals surface area (Å²) in [6.07, 6.45) is 1.96. The number of aryl methyl sites for hydroxylation is 1. The highest BCUT2D eigenvalue weighted by Crippen LogP contribution is 2.27. The molecule has 0 amide bonds. The first-order valence-corrected chi connectivity index (χ1v) is 7.49. The Bertz CT molecular complexity index is 803. The molecule has 2 nitrogen and oxygen atoms in total. The Hall–Kier alpha value is -1.65. The molecule has 0 spiro atoms. The predicted molar refractivity (Wildman–Crippen MR) is 88.8 cm³/mol. The van der Waals surface area contributed by atoms with Crippen molar-refractivity contribution in [2.45, 2.75) is 6.92 Å². The third kappa shape index (κ3) is 2.37. The predicted octanol–water partition coefficient (Wildman–Crippen LogP) is 5.27. The van der Waals surface area contributed by atoms with E-state index in [2.05, 4.69) is 56.7 Å². The Morgan fingerprint density at radius 3 is 2.60 bits per heavy atom. The lowest BCUT2D eigenvalue weighted by Crippen LogP contribution is -1.99. The number of nitrogens with one attached hydrogen (secondary N) is 1. The monoisotopic (exact) mass is 344 g/mol. The van der Waals surface area contributed by atoms with Crippen LogP contribution in [0.5, 0.6) is 0 Å². The van der Waals surface area contributed by atoms with E-state index in [0.717, 1.165) is 21.4 Å². The van der Waals surface area contributed by atoms with Crippen LogP contribution >= 0.6 is 28.1 Å². The highest BCUT2D eigenvalue weighted by Gasteiger charge is 2.10. The highest BCUT2D eigenvalue weighted by atomic mass is 79.9. The third-order valence-corrected chi connectivity index (χ3v) is 4.05. The molecular formula is C16H13BrN2S. The van der Waals surface area contributed by atoms with E-state index in [1.165, 1.54) is 5.56 Å². The molecule has 1 heterocycles. The van der Waals surface area contributed by atoms with Gasteiger partial charge in [-0.25, -0.2) is 0 Å². The summed E-state index contributed by atoms with van der Waals surface area (Å²) < 4.78 is 3.82. The lowest BCUT2D eigenvalue weighted by atomic mass is 10.1. The van der Waals surface area contributed by atoms with Crippen molar-refractivity contribution < 1.29 is 0 Å². The maximum Gasteiger partial charge on any atom is 0.182 e. The summed E-state index contributed by atoms with van der Waals surface area (Å²) in [7, 11) is 0. The normalized spacial score (nSPS) is 10.7. The fourth-order valence-corrected chi connectivity index (χ4v) is 2.86. The lowest BCUT2D eigenvalue weighted by molar-refractivity contribution is 1.02. The number of H-pyrrole nitrogens is 1. The minimum absolute atomic E-state index is 0.699. The van der Waals surface area contributed by atoms with Gasteiger partial charge in [0.25, 0.3) is 0 Å². The van der Waals surface area contributed by atoms with E-state index in [-0.39, 0.29) is 0 Å². The smallest absolute Gasteiger partial charge is 0.182 e. The number of aromatic nitrogens is 2. The Morgan fingerprint density at radius 2 is 1.85 bits per heavy atom. The molecule has 4 heteroatoms. The van der Waals surface area contributed by atoms with Crippen LogP contribution in [0.2, 0.25) is 0 Å². The summed E-state index contributed by atoms with van der Waals surface area (Å²) >= 11 is 8.98. The van der Waals surface area contributed by atoms with Crippen LogP contribution in [0.3, 0.4) is 0 Å². The van der Waals surface area contributed by atoms with Gasteiger partial charge >= 0.3 is 0 Å². The van der Waals surface area contributed by atoms with Gasteiger partial charge in [0.2, 0.25) is 0 Å². The standard InChI is InChI=1S/C16H13BrN2S/c1-11-7-8-13(17)9-14(11)19-15(10-18-16(19)20)12-5-3-2-4-6-12/h2-10H,1H3,(H,18,20). The molecule has 0 aliphatic carbocycles. The lowest BCUT2D eigenvalue weighted by Gasteiger charge is -2.12. The number of halogens is 1. The van der Waals surface area contributed by atoms with E-state index >= 15 is 0 Å². The molecule has 0 bridgehead atoms. The highest BCUT2D eigenvalue weighted by molar-refractivity contribution is 9.10. The summed E-state index contributed by atoms with van der Waals surface area (Å²) in [5.41, 5.74) is 4.47. The van der Waals surface area contributed by atoms with Crippen LogP contribution in [-0.4, -0.2) is 9.55 Å². The van der Waals surface area contributed by atoms with Gasteiger partial charge in [-0.2, -0.15) is 0 Å². The van der Waals surface area contributed by atoms with Crippen molar-refractivity contribution in [3.05, 3.63) is 69.5 Å². The second-order valence-electron chi connectivity index (χ2n) is 4.61. The van der Waals surface area contributed by atoms with Crippen molar-refractivity contribution in [2.24, 2.45) is 0 Å². The molecule has 0 saturated heterocycles. The first kappa shape index (κ1) is 13.3. The zero-order chi connectivity index (χ0) is 14.1. The van der Waals surface area contributed by atoms with Gasteiger partial charge in [-0.15, -0.1) is 0 Å². The van der Waals surface area contributed by atoms with E-state index in [1.54, 1.807) is 0 Å². The molecule has 0 aliphatic heterocycles. The second-order valence-corrected chi connectivity index (χ2v) is 5.91. The van der Waals surface area contributed by atoms with Crippen molar-refractivity contribution in [3.63, 3.8) is 0 Å². The van der Waals surface area contributed by atoms with Crippen molar-refractivity contribution in [2.75, 3.05) is 0 Å². The number of rotatable bonds is 2. The molecule has 0 radical (unpaired) electrons. The van der Waals surface area contributed by atoms with Crippen LogP contribution in [-0.2, 0) is 0 Å². The van der Waals surface area contributed by atoms with Gasteiger partial charge in [0, 0.05) is 16.2 Å². The summed E-state index contributed by atoms with van der Waals surface area (Å²) in [4.78, 5) is 3.14. The van der Waals surface area contributed by atoms with Gasteiger partial charge in [-0.1, -0.05) is 52.3 Å². The largest absolute Gasteiger partial charge is 0.336 e. The summed E-state index contributed by atoms with van der Waals surface area (Å²) in [5.74, 6) is 0. The first-order valence-electron chi connectivity index (χ1n) is 6.29. The molecular weight excluding hydrogens is 332 g/mol. The molecule has 3 rings (SSSR count). The van der Waals surface area contributed by atoms with Crippen LogP contribution in [0.4, 0.5) is 0 Å². The Labute approximate surface area is 131 Å². The number of benzene rings is 2. The van der Waals surface area contributed by atoms with E-state index in [1.807, 2.05) is 30.5 Å². The second kappa shape index (κ2) is 5.38. The van der Waals surface area contributed by atoms with Crippen molar-refractivity contribution >= 4 is 28.1 Å².